The van der Waals surface area contributed by atoms with Gasteiger partial charge in [-0.2, -0.15) is 8.78 Å². The second-order valence-corrected chi connectivity index (χ2v) is 11.0. The highest BCUT2D eigenvalue weighted by molar-refractivity contribution is 7.14. The molecule has 222 valence electrons. The Morgan fingerprint density at radius 3 is 2.49 bits per heavy atom. The molecule has 43 heavy (non-hydrogen) atoms. The molecule has 5 rings (SSSR count). The van der Waals surface area contributed by atoms with Gasteiger partial charge in [0.25, 0.3) is 0 Å². The molecule has 0 radical (unpaired) electrons. The van der Waals surface area contributed by atoms with Gasteiger partial charge in [-0.25, -0.2) is 0 Å². The van der Waals surface area contributed by atoms with Crippen molar-refractivity contribution in [3.63, 3.8) is 0 Å². The van der Waals surface area contributed by atoms with Crippen molar-refractivity contribution < 1.29 is 23.0 Å². The number of amides is 1. The van der Waals surface area contributed by atoms with Crippen molar-refractivity contribution in [1.29, 1.82) is 0 Å². The van der Waals surface area contributed by atoms with Crippen LogP contribution in [-0.4, -0.2) is 29.5 Å². The number of hydrogen-bond donors (Lipinski definition) is 0. The third-order valence-corrected chi connectivity index (χ3v) is 7.75. The minimum Gasteiger partial charge on any atom is -0.488 e. The number of hydrogen-bond acceptors (Lipinski definition) is 5. The third kappa shape index (κ3) is 8.54. The van der Waals surface area contributed by atoms with Crippen molar-refractivity contribution in [2.45, 2.75) is 26.2 Å². The van der Waals surface area contributed by atoms with E-state index in [9.17, 15) is 13.6 Å². The summed E-state index contributed by atoms with van der Waals surface area (Å²) >= 11 is 8.00. The molecule has 0 atom stereocenters. The molecule has 5 aromatic rings. The molecule has 0 spiro atoms. The highest BCUT2D eigenvalue weighted by Gasteiger charge is 2.17. The molecule has 0 unspecified atom stereocenters. The number of carbonyl (C=O) groups excluding carboxylic acids is 1. The minimum absolute atomic E-state index is 0. The number of ether oxygens (including phenoxy) is 2. The molecule has 0 saturated heterocycles. The van der Waals surface area contributed by atoms with E-state index in [-0.39, 0.29) is 37.1 Å². The van der Waals surface area contributed by atoms with E-state index >= 15 is 0 Å². The monoisotopic (exact) mass is 640 g/mol. The SMILES string of the molecule is CN(Cc1cccnc1)C(=O)Cc1cccc(-c2sccc2-c2cc(Cl)ccc2OCc2ccc(OC(F)F)cc2)c1.Cl. The van der Waals surface area contributed by atoms with Gasteiger partial charge in [0.05, 0.1) is 6.42 Å². The fourth-order valence-electron chi connectivity index (χ4n) is 4.50. The summed E-state index contributed by atoms with van der Waals surface area (Å²) in [6.07, 6.45) is 3.75. The molecule has 3 aromatic carbocycles. The zero-order chi connectivity index (χ0) is 29.5. The van der Waals surface area contributed by atoms with E-state index in [2.05, 4.69) is 9.72 Å². The summed E-state index contributed by atoms with van der Waals surface area (Å²) in [4.78, 5) is 19.8. The topological polar surface area (TPSA) is 51.7 Å². The van der Waals surface area contributed by atoms with Crippen LogP contribution in [0.4, 0.5) is 8.78 Å². The van der Waals surface area contributed by atoms with Crippen LogP contribution in [0.25, 0.3) is 21.6 Å². The first kappa shape index (κ1) is 31.9. The highest BCUT2D eigenvalue weighted by Crippen LogP contribution is 2.42. The summed E-state index contributed by atoms with van der Waals surface area (Å²) in [6.45, 7) is -2.15. The van der Waals surface area contributed by atoms with Crippen LogP contribution < -0.4 is 9.47 Å². The Morgan fingerprint density at radius 2 is 1.74 bits per heavy atom. The van der Waals surface area contributed by atoms with Crippen LogP contribution in [0.3, 0.4) is 0 Å². The lowest BCUT2D eigenvalue weighted by Crippen LogP contribution is -2.27. The first-order chi connectivity index (χ1) is 20.4. The number of halogens is 4. The van der Waals surface area contributed by atoms with Gasteiger partial charge in [0, 0.05) is 47.0 Å². The molecule has 0 aliphatic heterocycles. The Morgan fingerprint density at radius 1 is 0.953 bits per heavy atom. The number of thiophene rings is 1. The standard InChI is InChI=1S/C33H27ClF2N2O3S.ClH/c1-38(20-24-5-3-14-37-19-24)31(39)17-23-4-2-6-25(16-23)32-28(13-15-42-32)29-18-26(34)9-12-30(29)40-21-22-7-10-27(11-8-22)41-33(35)36;/h2-16,18-19,33H,17,20-21H2,1H3;1H. The Labute approximate surface area is 264 Å². The summed E-state index contributed by atoms with van der Waals surface area (Å²) in [5.74, 6) is 0.741. The average molecular weight is 642 g/mol. The summed E-state index contributed by atoms with van der Waals surface area (Å²) in [6, 6.07) is 25.6. The molecule has 0 aliphatic carbocycles. The zero-order valence-corrected chi connectivity index (χ0v) is 25.5. The molecule has 0 N–H and O–H groups in total. The number of aromatic nitrogens is 1. The van der Waals surface area contributed by atoms with Crippen molar-refractivity contribution in [1.82, 2.24) is 9.88 Å². The predicted molar refractivity (Wildman–Crippen MR) is 169 cm³/mol. The molecule has 10 heteroatoms. The van der Waals surface area contributed by atoms with Crippen molar-refractivity contribution in [3.05, 3.63) is 124 Å². The Bertz CT molecular complexity index is 1650. The van der Waals surface area contributed by atoms with Crippen molar-refractivity contribution in [2.24, 2.45) is 0 Å². The third-order valence-electron chi connectivity index (χ3n) is 6.55. The Kier molecular flexibility index (Phi) is 11.1. The van der Waals surface area contributed by atoms with Crippen molar-refractivity contribution in [2.75, 3.05) is 7.05 Å². The first-order valence-electron chi connectivity index (χ1n) is 13.1. The summed E-state index contributed by atoms with van der Waals surface area (Å²) in [5, 5.41) is 2.58. The quantitative estimate of drug-likeness (QED) is 0.145. The normalized spacial score (nSPS) is 10.7. The molecule has 0 aliphatic rings. The molecule has 0 bridgehead atoms. The lowest BCUT2D eigenvalue weighted by Gasteiger charge is -2.17. The molecule has 0 fully saturated rings. The fraction of sp³-hybridized carbons (Fsp3) is 0.152. The second kappa shape index (κ2) is 15.0. The van der Waals surface area contributed by atoms with E-state index in [0.717, 1.165) is 38.3 Å². The number of likely N-dealkylation sites (N-methyl/N-ethyl adjacent to an activating group) is 1. The molecular formula is C33H28Cl2F2N2O3S. The van der Waals surface area contributed by atoms with Gasteiger partial charge < -0.3 is 14.4 Å². The van der Waals surface area contributed by atoms with Crippen LogP contribution in [0.2, 0.25) is 5.02 Å². The summed E-state index contributed by atoms with van der Waals surface area (Å²) < 4.78 is 35.5. The van der Waals surface area contributed by atoms with Gasteiger partial charge in [-0.15, -0.1) is 23.7 Å². The fourth-order valence-corrected chi connectivity index (χ4v) is 5.58. The maximum atomic E-state index is 13.0. The van der Waals surface area contributed by atoms with Crippen molar-refractivity contribution >= 4 is 41.3 Å². The second-order valence-electron chi connectivity index (χ2n) is 9.60. The van der Waals surface area contributed by atoms with E-state index in [1.165, 1.54) is 12.1 Å². The molecule has 5 nitrogen and oxygen atoms in total. The van der Waals surface area contributed by atoms with Crippen molar-refractivity contribution in [3.8, 4) is 33.1 Å². The smallest absolute Gasteiger partial charge is 0.387 e. The van der Waals surface area contributed by atoms with Gasteiger partial charge in [-0.3, -0.25) is 9.78 Å². The number of pyridine rings is 1. The molecule has 2 aromatic heterocycles. The van der Waals surface area contributed by atoms with Crippen LogP contribution in [0, 0.1) is 0 Å². The van der Waals surface area contributed by atoms with E-state index in [1.54, 1.807) is 53.9 Å². The molecule has 0 saturated carbocycles. The number of carbonyl (C=O) groups is 1. The summed E-state index contributed by atoms with van der Waals surface area (Å²) in [7, 11) is 1.79. The number of alkyl halides is 2. The largest absolute Gasteiger partial charge is 0.488 e. The number of nitrogens with zero attached hydrogens (tertiary/aromatic N) is 2. The van der Waals surface area contributed by atoms with E-state index in [1.807, 2.05) is 60.0 Å². The zero-order valence-electron chi connectivity index (χ0n) is 23.1. The van der Waals surface area contributed by atoms with Gasteiger partial charge >= 0.3 is 6.61 Å². The van der Waals surface area contributed by atoms with Crippen LogP contribution in [0.5, 0.6) is 11.5 Å². The Hall–Kier alpha value is -3.98. The minimum atomic E-state index is -2.87. The lowest BCUT2D eigenvalue weighted by molar-refractivity contribution is -0.129. The maximum Gasteiger partial charge on any atom is 0.387 e. The van der Waals surface area contributed by atoms with Crippen LogP contribution in [0.1, 0.15) is 16.7 Å². The van der Waals surface area contributed by atoms with Gasteiger partial charge in [0.2, 0.25) is 5.91 Å². The highest BCUT2D eigenvalue weighted by atomic mass is 35.5. The van der Waals surface area contributed by atoms with Gasteiger partial charge in [0.15, 0.2) is 0 Å². The van der Waals surface area contributed by atoms with E-state index in [4.69, 9.17) is 16.3 Å². The Balaban J connectivity index is 0.00000423. The molecule has 1 amide bonds. The number of rotatable bonds is 11. The first-order valence-corrected chi connectivity index (χ1v) is 14.4. The number of benzene rings is 3. The maximum absolute atomic E-state index is 13.0. The van der Waals surface area contributed by atoms with Crippen LogP contribution in [-0.2, 0) is 24.4 Å². The van der Waals surface area contributed by atoms with Gasteiger partial charge in [-0.05, 0) is 76.2 Å². The average Bonchev–Trinajstić information content (AvgIpc) is 3.48. The van der Waals surface area contributed by atoms with E-state index in [0.29, 0.717) is 17.3 Å². The van der Waals surface area contributed by atoms with Crippen LogP contribution in [0.15, 0.2) is 103 Å². The predicted octanol–water partition coefficient (Wildman–Crippen LogP) is 8.93. The molecule has 2 heterocycles. The lowest BCUT2D eigenvalue weighted by atomic mass is 10.00. The van der Waals surface area contributed by atoms with E-state index < -0.39 is 6.61 Å². The van der Waals surface area contributed by atoms with Gasteiger partial charge in [-0.1, -0.05) is 48.0 Å². The van der Waals surface area contributed by atoms with Crippen LogP contribution >= 0.6 is 35.3 Å². The summed E-state index contributed by atoms with van der Waals surface area (Å²) in [5.41, 5.74) is 5.46. The molecular weight excluding hydrogens is 613 g/mol. The van der Waals surface area contributed by atoms with Gasteiger partial charge in [0.1, 0.15) is 18.1 Å².